The molecule has 0 atom stereocenters. The molecule has 6 heteroatoms. The minimum absolute atomic E-state index is 0.0283. The summed E-state index contributed by atoms with van der Waals surface area (Å²) >= 11 is 11.3. The lowest BCUT2D eigenvalue weighted by Gasteiger charge is -2.01. The van der Waals surface area contributed by atoms with Crippen molar-refractivity contribution < 1.29 is 9.90 Å². The molecule has 0 saturated heterocycles. The van der Waals surface area contributed by atoms with Crippen LogP contribution in [0.1, 0.15) is 5.56 Å². The van der Waals surface area contributed by atoms with Gasteiger partial charge in [-0.2, -0.15) is 5.26 Å². The fourth-order valence-electron chi connectivity index (χ4n) is 0.994. The summed E-state index contributed by atoms with van der Waals surface area (Å²) in [5.74, 6) is -1.10. The van der Waals surface area contributed by atoms with E-state index in [0.29, 0.717) is 5.56 Å². The van der Waals surface area contributed by atoms with Gasteiger partial charge in [-0.15, -0.1) is 0 Å². The summed E-state index contributed by atoms with van der Waals surface area (Å²) < 4.78 is 0. The van der Waals surface area contributed by atoms with E-state index in [-0.39, 0.29) is 21.4 Å². The number of nitrogens with zero attached hydrogens (tertiary/aromatic N) is 1. The summed E-state index contributed by atoms with van der Waals surface area (Å²) in [4.78, 5) is 10.8. The molecule has 0 bridgehead atoms. The van der Waals surface area contributed by atoms with Crippen molar-refractivity contribution in [2.24, 2.45) is 5.73 Å². The zero-order valence-electron chi connectivity index (χ0n) is 7.87. The van der Waals surface area contributed by atoms with E-state index >= 15 is 0 Å². The molecule has 0 radical (unpaired) electrons. The predicted octanol–water partition coefficient (Wildman–Crippen LogP) is 2.09. The van der Waals surface area contributed by atoms with Crippen LogP contribution in [0.25, 0.3) is 6.08 Å². The van der Waals surface area contributed by atoms with E-state index in [1.165, 1.54) is 18.2 Å². The number of amides is 1. The molecule has 0 aliphatic heterocycles. The maximum atomic E-state index is 10.8. The average molecular weight is 257 g/mol. The third-order valence-corrected chi connectivity index (χ3v) is 2.31. The molecule has 3 N–H and O–H groups in total. The second-order valence-electron chi connectivity index (χ2n) is 2.87. The van der Waals surface area contributed by atoms with Crippen LogP contribution in [0.4, 0.5) is 0 Å². The van der Waals surface area contributed by atoms with Crippen molar-refractivity contribution in [1.82, 2.24) is 0 Å². The topological polar surface area (TPSA) is 87.1 Å². The number of hydrogen-bond donors (Lipinski definition) is 2. The van der Waals surface area contributed by atoms with Crippen molar-refractivity contribution in [2.45, 2.75) is 0 Å². The number of benzene rings is 1. The number of carbonyl (C=O) groups excluding carboxylic acids is 1. The Morgan fingerprint density at radius 1 is 1.44 bits per heavy atom. The molecular formula is C10H6Cl2N2O2. The van der Waals surface area contributed by atoms with Gasteiger partial charge in [0.2, 0.25) is 0 Å². The van der Waals surface area contributed by atoms with Crippen LogP contribution in [0.15, 0.2) is 17.7 Å². The molecule has 16 heavy (non-hydrogen) atoms. The van der Waals surface area contributed by atoms with Gasteiger partial charge in [-0.1, -0.05) is 23.2 Å². The van der Waals surface area contributed by atoms with Crippen molar-refractivity contribution in [2.75, 3.05) is 0 Å². The van der Waals surface area contributed by atoms with Gasteiger partial charge in [0, 0.05) is 0 Å². The zero-order valence-corrected chi connectivity index (χ0v) is 9.38. The first-order valence-electron chi connectivity index (χ1n) is 4.05. The molecule has 0 unspecified atom stereocenters. The molecule has 1 rings (SSSR count). The molecule has 0 fully saturated rings. The minimum Gasteiger partial charge on any atom is -0.505 e. The molecule has 0 saturated carbocycles. The van der Waals surface area contributed by atoms with Crippen molar-refractivity contribution in [3.63, 3.8) is 0 Å². The molecular weight excluding hydrogens is 251 g/mol. The van der Waals surface area contributed by atoms with E-state index in [9.17, 15) is 9.90 Å². The number of phenols is 1. The molecule has 0 aromatic heterocycles. The Morgan fingerprint density at radius 2 is 1.94 bits per heavy atom. The Kier molecular flexibility index (Phi) is 3.78. The Balaban J connectivity index is 3.27. The molecule has 4 nitrogen and oxygen atoms in total. The molecule has 0 spiro atoms. The highest BCUT2D eigenvalue weighted by molar-refractivity contribution is 6.37. The summed E-state index contributed by atoms with van der Waals surface area (Å²) in [6.07, 6.45) is 1.24. The number of nitrogens with two attached hydrogens (primary N) is 1. The first kappa shape index (κ1) is 12.4. The number of halogens is 2. The second kappa shape index (κ2) is 4.88. The highest BCUT2D eigenvalue weighted by Gasteiger charge is 2.08. The highest BCUT2D eigenvalue weighted by atomic mass is 35.5. The van der Waals surface area contributed by atoms with Gasteiger partial charge in [-0.3, -0.25) is 4.79 Å². The van der Waals surface area contributed by atoms with Gasteiger partial charge in [0.05, 0.1) is 10.0 Å². The minimum atomic E-state index is -0.845. The highest BCUT2D eigenvalue weighted by Crippen LogP contribution is 2.33. The number of primary amides is 1. The second-order valence-corrected chi connectivity index (χ2v) is 3.68. The van der Waals surface area contributed by atoms with E-state index in [0.717, 1.165) is 0 Å². The molecule has 1 amide bonds. The van der Waals surface area contributed by atoms with Crippen molar-refractivity contribution in [3.8, 4) is 11.8 Å². The molecule has 0 aliphatic rings. The molecule has 0 heterocycles. The number of carbonyl (C=O) groups is 1. The quantitative estimate of drug-likeness (QED) is 0.628. The van der Waals surface area contributed by atoms with Gasteiger partial charge < -0.3 is 10.8 Å². The summed E-state index contributed by atoms with van der Waals surface area (Å²) in [7, 11) is 0. The van der Waals surface area contributed by atoms with Crippen LogP contribution in [0.2, 0.25) is 10.0 Å². The third kappa shape index (κ3) is 2.66. The lowest BCUT2D eigenvalue weighted by molar-refractivity contribution is -0.114. The van der Waals surface area contributed by atoms with Crippen LogP contribution in [0, 0.1) is 11.3 Å². The van der Waals surface area contributed by atoms with Crippen molar-refractivity contribution in [1.29, 1.82) is 5.26 Å². The smallest absolute Gasteiger partial charge is 0.259 e. The van der Waals surface area contributed by atoms with Crippen LogP contribution < -0.4 is 5.73 Å². The normalized spacial score (nSPS) is 10.9. The standard InChI is InChI=1S/C10H6Cl2N2O2/c11-7-2-5(3-8(12)9(7)15)1-6(4-13)10(14)16/h1-3,15H,(H2,14,16). The maximum Gasteiger partial charge on any atom is 0.259 e. The van der Waals surface area contributed by atoms with Crippen LogP contribution in [0.3, 0.4) is 0 Å². The molecule has 0 aliphatic carbocycles. The molecule has 1 aromatic rings. The maximum absolute atomic E-state index is 10.8. The molecule has 82 valence electrons. The molecule has 1 aromatic carbocycles. The zero-order chi connectivity index (χ0) is 12.3. The largest absolute Gasteiger partial charge is 0.505 e. The average Bonchev–Trinajstić information content (AvgIpc) is 2.21. The van der Waals surface area contributed by atoms with Gasteiger partial charge in [0.25, 0.3) is 5.91 Å². The van der Waals surface area contributed by atoms with Crippen LogP contribution in [-0.4, -0.2) is 11.0 Å². The predicted molar refractivity (Wildman–Crippen MR) is 60.9 cm³/mol. The van der Waals surface area contributed by atoms with Gasteiger partial charge in [0.15, 0.2) is 5.75 Å². The first-order valence-corrected chi connectivity index (χ1v) is 4.81. The SMILES string of the molecule is N#CC(=Cc1cc(Cl)c(O)c(Cl)c1)C(N)=O. The number of hydrogen-bond acceptors (Lipinski definition) is 3. The lowest BCUT2D eigenvalue weighted by Crippen LogP contribution is -2.12. The van der Waals surface area contributed by atoms with E-state index in [4.69, 9.17) is 34.2 Å². The van der Waals surface area contributed by atoms with E-state index in [1.54, 1.807) is 6.07 Å². The van der Waals surface area contributed by atoms with E-state index < -0.39 is 5.91 Å². The van der Waals surface area contributed by atoms with E-state index in [1.807, 2.05) is 0 Å². The number of aromatic hydroxyl groups is 1. The number of nitriles is 1. The number of rotatable bonds is 2. The summed E-state index contributed by atoms with van der Waals surface area (Å²) in [6, 6.07) is 4.37. The van der Waals surface area contributed by atoms with Gasteiger partial charge in [0.1, 0.15) is 11.6 Å². The Labute approximate surface area is 101 Å². The van der Waals surface area contributed by atoms with E-state index in [2.05, 4.69) is 0 Å². The Morgan fingerprint density at radius 3 is 2.31 bits per heavy atom. The summed E-state index contributed by atoms with van der Waals surface area (Å²) in [5, 5.41) is 18.0. The Bertz CT molecular complexity index is 495. The fraction of sp³-hybridized carbons (Fsp3) is 0. The van der Waals surface area contributed by atoms with Crippen LogP contribution in [0.5, 0.6) is 5.75 Å². The van der Waals surface area contributed by atoms with Crippen LogP contribution >= 0.6 is 23.2 Å². The third-order valence-electron chi connectivity index (χ3n) is 1.74. The summed E-state index contributed by atoms with van der Waals surface area (Å²) in [5.41, 5.74) is 5.14. The summed E-state index contributed by atoms with van der Waals surface area (Å²) in [6.45, 7) is 0. The number of phenolic OH excluding ortho intramolecular Hbond substituents is 1. The first-order chi connectivity index (χ1) is 7.45. The monoisotopic (exact) mass is 256 g/mol. The van der Waals surface area contributed by atoms with Gasteiger partial charge >= 0.3 is 0 Å². The fourth-order valence-corrected chi connectivity index (χ4v) is 1.50. The Hall–Kier alpha value is -1.70. The van der Waals surface area contributed by atoms with Gasteiger partial charge in [-0.25, -0.2) is 0 Å². The van der Waals surface area contributed by atoms with Crippen molar-refractivity contribution in [3.05, 3.63) is 33.3 Å². The van der Waals surface area contributed by atoms with Crippen LogP contribution in [-0.2, 0) is 4.79 Å². The van der Waals surface area contributed by atoms with Gasteiger partial charge in [-0.05, 0) is 23.8 Å². The lowest BCUT2D eigenvalue weighted by atomic mass is 10.1. The van der Waals surface area contributed by atoms with Crippen molar-refractivity contribution >= 4 is 35.2 Å².